The number of aryl methyl sites for hydroxylation is 3. The van der Waals surface area contributed by atoms with E-state index in [1.807, 2.05) is 23.5 Å². The molecule has 2 aromatic rings. The molecule has 1 aromatic heterocycles. The molecule has 0 saturated carbocycles. The fourth-order valence-electron chi connectivity index (χ4n) is 3.50. The lowest BCUT2D eigenvalue weighted by molar-refractivity contribution is 0.602. The summed E-state index contributed by atoms with van der Waals surface area (Å²) in [7, 11) is -3.14. The Hall–Kier alpha value is -1.93. The smallest absolute Gasteiger partial charge is 0.191 e. The fraction of sp³-hybridized carbons (Fsp3) is 0.545. The van der Waals surface area contributed by atoms with Gasteiger partial charge in [0, 0.05) is 37.2 Å². The highest BCUT2D eigenvalue weighted by molar-refractivity contribution is 7.90. The second-order valence-electron chi connectivity index (χ2n) is 7.64. The van der Waals surface area contributed by atoms with Crippen LogP contribution in [0, 0.1) is 0 Å². The van der Waals surface area contributed by atoms with E-state index in [-0.39, 0.29) is 0 Å². The van der Waals surface area contributed by atoms with Crippen molar-refractivity contribution in [2.45, 2.75) is 56.8 Å². The number of sulfone groups is 1. The van der Waals surface area contributed by atoms with E-state index >= 15 is 0 Å². The van der Waals surface area contributed by atoms with Crippen LogP contribution in [0.1, 0.15) is 47.3 Å². The highest BCUT2D eigenvalue weighted by atomic mass is 32.2. The third-order valence-corrected chi connectivity index (χ3v) is 7.46. The van der Waals surface area contributed by atoms with Crippen LogP contribution in [0.4, 0.5) is 0 Å². The number of nitrogens with one attached hydrogen (secondary N) is 2. The molecular formula is C22H32N4O2S2. The van der Waals surface area contributed by atoms with E-state index in [1.54, 1.807) is 12.1 Å². The molecule has 8 heteroatoms. The number of hydrogen-bond donors (Lipinski definition) is 2. The Balaban J connectivity index is 1.43. The summed E-state index contributed by atoms with van der Waals surface area (Å²) in [5, 5.41) is 7.90. The number of aliphatic imine (C=N–C) groups is 1. The topological polar surface area (TPSA) is 83.4 Å². The summed E-state index contributed by atoms with van der Waals surface area (Å²) in [5.41, 5.74) is 2.43. The van der Waals surface area contributed by atoms with Crippen molar-refractivity contribution < 1.29 is 8.42 Å². The number of aromatic nitrogens is 1. The van der Waals surface area contributed by atoms with Crippen LogP contribution >= 0.6 is 11.3 Å². The van der Waals surface area contributed by atoms with E-state index in [2.05, 4.69) is 22.5 Å². The van der Waals surface area contributed by atoms with Crippen molar-refractivity contribution >= 4 is 27.1 Å². The van der Waals surface area contributed by atoms with Crippen LogP contribution < -0.4 is 10.6 Å². The first-order valence-electron chi connectivity index (χ1n) is 10.7. The summed E-state index contributed by atoms with van der Waals surface area (Å²) in [4.78, 5) is 11.3. The molecule has 2 N–H and O–H groups in total. The monoisotopic (exact) mass is 448 g/mol. The molecule has 0 bridgehead atoms. The van der Waals surface area contributed by atoms with Gasteiger partial charge in [0.1, 0.15) is 0 Å². The van der Waals surface area contributed by atoms with E-state index in [0.29, 0.717) is 4.90 Å². The Bertz CT molecular complexity index is 927. The molecule has 0 saturated heterocycles. The second kappa shape index (κ2) is 10.9. The Labute approximate surface area is 184 Å². The molecule has 0 unspecified atom stereocenters. The molecule has 3 rings (SSSR count). The van der Waals surface area contributed by atoms with Gasteiger partial charge in [-0.1, -0.05) is 12.1 Å². The molecule has 1 heterocycles. The molecule has 6 nitrogen and oxygen atoms in total. The SMILES string of the molecule is CCNC(=NCCCc1nc2c(s1)CCCC2)NCCc1ccc(S(C)(=O)=O)cc1. The van der Waals surface area contributed by atoms with Crippen molar-refractivity contribution in [1.29, 1.82) is 0 Å². The molecule has 164 valence electrons. The molecule has 0 radical (unpaired) electrons. The van der Waals surface area contributed by atoms with Gasteiger partial charge in [-0.05, 0) is 63.1 Å². The Morgan fingerprint density at radius 2 is 1.90 bits per heavy atom. The number of hydrogen-bond acceptors (Lipinski definition) is 5. The summed E-state index contributed by atoms with van der Waals surface area (Å²) < 4.78 is 23.1. The highest BCUT2D eigenvalue weighted by Crippen LogP contribution is 2.27. The molecule has 1 aromatic carbocycles. The van der Waals surface area contributed by atoms with Gasteiger partial charge < -0.3 is 10.6 Å². The number of thiazole rings is 1. The summed E-state index contributed by atoms with van der Waals surface area (Å²) in [6.45, 7) is 4.38. The maximum absolute atomic E-state index is 11.5. The maximum Gasteiger partial charge on any atom is 0.191 e. The first-order chi connectivity index (χ1) is 14.5. The van der Waals surface area contributed by atoms with E-state index < -0.39 is 9.84 Å². The molecule has 1 aliphatic carbocycles. The van der Waals surface area contributed by atoms with Gasteiger partial charge in [-0.15, -0.1) is 11.3 Å². The molecule has 0 amide bonds. The van der Waals surface area contributed by atoms with Gasteiger partial charge in [-0.25, -0.2) is 13.4 Å². The van der Waals surface area contributed by atoms with Crippen LogP contribution in [0.25, 0.3) is 0 Å². The largest absolute Gasteiger partial charge is 0.357 e. The Morgan fingerprint density at radius 3 is 2.60 bits per heavy atom. The van der Waals surface area contributed by atoms with Crippen molar-refractivity contribution in [3.63, 3.8) is 0 Å². The average Bonchev–Trinajstić information content (AvgIpc) is 3.14. The van der Waals surface area contributed by atoms with E-state index in [4.69, 9.17) is 4.98 Å². The molecule has 0 aliphatic heterocycles. The van der Waals surface area contributed by atoms with E-state index in [1.165, 1.54) is 41.1 Å². The molecule has 0 spiro atoms. The zero-order valence-corrected chi connectivity index (χ0v) is 19.5. The van der Waals surface area contributed by atoms with Crippen LogP contribution in [0.2, 0.25) is 0 Å². The van der Waals surface area contributed by atoms with Gasteiger partial charge in [0.2, 0.25) is 0 Å². The second-order valence-corrected chi connectivity index (χ2v) is 10.8. The van der Waals surface area contributed by atoms with Crippen molar-refractivity contribution in [3.8, 4) is 0 Å². The number of fused-ring (bicyclic) bond motifs is 1. The summed E-state index contributed by atoms with van der Waals surface area (Å²) >= 11 is 1.89. The maximum atomic E-state index is 11.5. The number of benzene rings is 1. The fourth-order valence-corrected chi connectivity index (χ4v) is 5.33. The molecular weight excluding hydrogens is 416 g/mol. The minimum Gasteiger partial charge on any atom is -0.357 e. The van der Waals surface area contributed by atoms with Crippen LogP contribution in [-0.2, 0) is 35.5 Å². The van der Waals surface area contributed by atoms with Crippen LogP contribution in [0.15, 0.2) is 34.2 Å². The standard InChI is InChI=1S/C22H32N4O2S2/c1-3-23-22(25-16-14-17-10-12-18(13-11-17)30(2,27)28)24-15-6-9-21-26-19-7-4-5-8-20(19)29-21/h10-13H,3-9,14-16H2,1-2H3,(H2,23,24,25). The predicted molar refractivity (Wildman–Crippen MR) is 124 cm³/mol. The van der Waals surface area contributed by atoms with E-state index in [0.717, 1.165) is 56.8 Å². The van der Waals surface area contributed by atoms with Gasteiger partial charge in [0.15, 0.2) is 15.8 Å². The van der Waals surface area contributed by atoms with Crippen molar-refractivity contribution in [1.82, 2.24) is 15.6 Å². The zero-order chi connectivity index (χ0) is 21.4. The van der Waals surface area contributed by atoms with Crippen LogP contribution in [0.5, 0.6) is 0 Å². The number of rotatable bonds is 9. The quantitative estimate of drug-likeness (QED) is 0.350. The average molecular weight is 449 g/mol. The summed E-state index contributed by atoms with van der Waals surface area (Å²) in [6.07, 6.45) is 8.96. The molecule has 1 aliphatic rings. The summed E-state index contributed by atoms with van der Waals surface area (Å²) in [6, 6.07) is 7.08. The minimum absolute atomic E-state index is 0.357. The van der Waals surface area contributed by atoms with Gasteiger partial charge in [-0.3, -0.25) is 4.99 Å². The van der Waals surface area contributed by atoms with Gasteiger partial charge >= 0.3 is 0 Å². The van der Waals surface area contributed by atoms with Gasteiger partial charge in [0.05, 0.1) is 15.6 Å². The lowest BCUT2D eigenvalue weighted by atomic mass is 10.0. The molecule has 0 fully saturated rings. The van der Waals surface area contributed by atoms with Crippen molar-refractivity contribution in [3.05, 3.63) is 45.4 Å². The Morgan fingerprint density at radius 1 is 1.13 bits per heavy atom. The van der Waals surface area contributed by atoms with Crippen molar-refractivity contribution in [2.75, 3.05) is 25.9 Å². The minimum atomic E-state index is -3.14. The molecule has 0 atom stereocenters. The third-order valence-electron chi connectivity index (χ3n) is 5.11. The lowest BCUT2D eigenvalue weighted by Crippen LogP contribution is -2.38. The number of nitrogens with zero attached hydrogens (tertiary/aromatic N) is 2. The lowest BCUT2D eigenvalue weighted by Gasteiger charge is -2.11. The Kier molecular flexibility index (Phi) is 8.27. The first kappa shape index (κ1) is 22.7. The van der Waals surface area contributed by atoms with Crippen molar-refractivity contribution in [2.24, 2.45) is 4.99 Å². The van der Waals surface area contributed by atoms with E-state index in [9.17, 15) is 8.42 Å². The molecule has 30 heavy (non-hydrogen) atoms. The normalized spacial score (nSPS) is 14.4. The zero-order valence-electron chi connectivity index (χ0n) is 17.9. The number of guanidine groups is 1. The summed E-state index contributed by atoms with van der Waals surface area (Å²) in [5.74, 6) is 0.823. The highest BCUT2D eigenvalue weighted by Gasteiger charge is 2.14. The first-order valence-corrected chi connectivity index (χ1v) is 13.4. The predicted octanol–water partition coefficient (Wildman–Crippen LogP) is 3.16. The van der Waals surface area contributed by atoms with Gasteiger partial charge in [-0.2, -0.15) is 0 Å². The van der Waals surface area contributed by atoms with Crippen LogP contribution in [-0.4, -0.2) is 45.3 Å². The van der Waals surface area contributed by atoms with Gasteiger partial charge in [0.25, 0.3) is 0 Å². The third kappa shape index (κ3) is 6.80. The van der Waals surface area contributed by atoms with Crippen LogP contribution in [0.3, 0.4) is 0 Å².